The lowest BCUT2D eigenvalue weighted by Crippen LogP contribution is -2.38. The van der Waals surface area contributed by atoms with Crippen LogP contribution in [0.3, 0.4) is 0 Å². The Morgan fingerprint density at radius 2 is 2.20 bits per heavy atom. The summed E-state index contributed by atoms with van der Waals surface area (Å²) in [6, 6.07) is 0. The molecule has 0 spiro atoms. The molecule has 1 aliphatic heterocycles. The van der Waals surface area contributed by atoms with Gasteiger partial charge in [-0.1, -0.05) is 17.9 Å². The Labute approximate surface area is 118 Å². The van der Waals surface area contributed by atoms with E-state index in [4.69, 9.17) is 9.47 Å². The molecule has 0 saturated carbocycles. The third-order valence-corrected chi connectivity index (χ3v) is 3.24. The second kappa shape index (κ2) is 7.16. The van der Waals surface area contributed by atoms with Crippen molar-refractivity contribution >= 4 is 5.97 Å². The molecule has 0 N–H and O–H groups in total. The molecule has 1 aliphatic rings. The van der Waals surface area contributed by atoms with Crippen LogP contribution in [0.15, 0.2) is 12.7 Å². The van der Waals surface area contributed by atoms with Gasteiger partial charge in [0, 0.05) is 19.6 Å². The Morgan fingerprint density at radius 3 is 2.90 bits per heavy atom. The Kier molecular flexibility index (Phi) is 5.25. The summed E-state index contributed by atoms with van der Waals surface area (Å²) in [7, 11) is 0. The molecule has 0 aliphatic carbocycles. The molecule has 0 amide bonds. The molecule has 20 heavy (non-hydrogen) atoms. The molecule has 110 valence electrons. The van der Waals surface area contributed by atoms with Crippen LogP contribution in [0.1, 0.15) is 16.2 Å². The summed E-state index contributed by atoms with van der Waals surface area (Å²) in [5.74, 6) is -0.458. The first-order valence-electron chi connectivity index (χ1n) is 6.70. The smallest absolute Gasteiger partial charge is 0.361 e. The highest BCUT2D eigenvalue weighted by atomic mass is 16.5. The number of nitrogens with zero attached hydrogens (tertiary/aromatic N) is 4. The monoisotopic (exact) mass is 280 g/mol. The number of esters is 1. The first-order valence-corrected chi connectivity index (χ1v) is 6.70. The van der Waals surface area contributed by atoms with E-state index in [1.54, 1.807) is 4.68 Å². The van der Waals surface area contributed by atoms with Crippen molar-refractivity contribution in [1.29, 1.82) is 0 Å². The average Bonchev–Trinajstić information content (AvgIpc) is 2.85. The summed E-state index contributed by atoms with van der Waals surface area (Å²) in [5.41, 5.74) is 1.00. The summed E-state index contributed by atoms with van der Waals surface area (Å²) in [6.07, 6.45) is 1.52. The summed E-state index contributed by atoms with van der Waals surface area (Å²) in [6.45, 7) is 10.5. The van der Waals surface area contributed by atoms with Gasteiger partial charge in [0.15, 0.2) is 5.69 Å². The van der Waals surface area contributed by atoms with Crippen molar-refractivity contribution in [2.24, 2.45) is 0 Å². The first-order chi connectivity index (χ1) is 9.72. The highest BCUT2D eigenvalue weighted by Gasteiger charge is 2.18. The van der Waals surface area contributed by atoms with Crippen LogP contribution in [-0.4, -0.2) is 65.3 Å². The van der Waals surface area contributed by atoms with Crippen molar-refractivity contribution in [3.05, 3.63) is 24.0 Å². The fraction of sp³-hybridized carbons (Fsp3) is 0.615. The van der Waals surface area contributed by atoms with Crippen molar-refractivity contribution in [1.82, 2.24) is 19.9 Å². The third-order valence-electron chi connectivity index (χ3n) is 3.24. The van der Waals surface area contributed by atoms with Crippen LogP contribution in [0, 0.1) is 6.92 Å². The quantitative estimate of drug-likeness (QED) is 0.550. The largest absolute Gasteiger partial charge is 0.457 e. The summed E-state index contributed by atoms with van der Waals surface area (Å²) >= 11 is 0. The number of ether oxygens (including phenoxy) is 2. The molecule has 7 nitrogen and oxygen atoms in total. The fourth-order valence-electron chi connectivity index (χ4n) is 2.03. The van der Waals surface area contributed by atoms with Gasteiger partial charge in [-0.2, -0.15) is 0 Å². The second-order valence-electron chi connectivity index (χ2n) is 4.59. The van der Waals surface area contributed by atoms with Crippen molar-refractivity contribution in [2.75, 3.05) is 39.5 Å². The lowest BCUT2D eigenvalue weighted by atomic mass is 10.3. The third kappa shape index (κ3) is 3.64. The van der Waals surface area contributed by atoms with E-state index in [2.05, 4.69) is 21.8 Å². The van der Waals surface area contributed by atoms with Gasteiger partial charge in [-0.15, -0.1) is 5.10 Å². The van der Waals surface area contributed by atoms with E-state index in [0.29, 0.717) is 6.54 Å². The van der Waals surface area contributed by atoms with E-state index < -0.39 is 5.97 Å². The normalized spacial score (nSPS) is 16.1. The highest BCUT2D eigenvalue weighted by Crippen LogP contribution is 2.06. The number of morpholine rings is 1. The number of hydrogen-bond donors (Lipinski definition) is 0. The Bertz CT molecular complexity index is 466. The number of rotatable bonds is 6. The molecule has 1 aromatic rings. The predicted molar refractivity (Wildman–Crippen MR) is 72.5 cm³/mol. The lowest BCUT2D eigenvalue weighted by molar-refractivity contribution is 0.0358. The summed E-state index contributed by atoms with van der Waals surface area (Å²) in [5, 5.41) is 7.90. The van der Waals surface area contributed by atoms with E-state index in [1.165, 1.54) is 6.08 Å². The first kappa shape index (κ1) is 14.7. The van der Waals surface area contributed by atoms with Crippen molar-refractivity contribution in [3.63, 3.8) is 0 Å². The minimum absolute atomic E-state index is 0.179. The Hall–Kier alpha value is -1.73. The van der Waals surface area contributed by atoms with Crippen LogP contribution in [0.2, 0.25) is 0 Å². The molecule has 2 rings (SSSR count). The maximum Gasteiger partial charge on any atom is 0.361 e. The highest BCUT2D eigenvalue weighted by molar-refractivity contribution is 5.88. The van der Waals surface area contributed by atoms with Crippen molar-refractivity contribution in [3.8, 4) is 0 Å². The van der Waals surface area contributed by atoms with Gasteiger partial charge >= 0.3 is 5.97 Å². The molecule has 1 saturated heterocycles. The van der Waals surface area contributed by atoms with Crippen LogP contribution < -0.4 is 0 Å². The van der Waals surface area contributed by atoms with E-state index in [1.807, 2.05) is 6.92 Å². The number of aromatic nitrogens is 3. The van der Waals surface area contributed by atoms with Gasteiger partial charge in [0.2, 0.25) is 0 Å². The lowest BCUT2D eigenvalue weighted by Gasteiger charge is -2.26. The van der Waals surface area contributed by atoms with Crippen molar-refractivity contribution < 1.29 is 14.3 Å². The molecule has 1 aromatic heterocycles. The number of hydrogen-bond acceptors (Lipinski definition) is 6. The molecule has 0 atom stereocenters. The molecular weight excluding hydrogens is 260 g/mol. The average molecular weight is 280 g/mol. The zero-order valence-electron chi connectivity index (χ0n) is 11.7. The fourth-order valence-corrected chi connectivity index (χ4v) is 2.03. The Balaban J connectivity index is 1.90. The molecular formula is C13H20N4O3. The van der Waals surface area contributed by atoms with E-state index in [-0.39, 0.29) is 12.3 Å². The number of carbonyl (C=O) groups is 1. The molecule has 0 radical (unpaired) electrons. The van der Waals surface area contributed by atoms with Crippen LogP contribution in [-0.2, 0) is 16.0 Å². The molecule has 7 heteroatoms. The zero-order chi connectivity index (χ0) is 14.4. The SMILES string of the molecule is C=CCOC(=O)c1nnn(CCN2CCOCC2)c1C. The standard InChI is InChI=1S/C13H20N4O3/c1-3-8-20-13(18)12-11(2)17(15-14-12)5-4-16-6-9-19-10-7-16/h3H,1,4-10H2,2H3. The van der Waals surface area contributed by atoms with E-state index in [0.717, 1.165) is 38.5 Å². The van der Waals surface area contributed by atoms with Gasteiger partial charge in [-0.25, -0.2) is 9.48 Å². The number of carbonyl (C=O) groups excluding carboxylic acids is 1. The van der Waals surface area contributed by atoms with Crippen molar-refractivity contribution in [2.45, 2.75) is 13.5 Å². The minimum atomic E-state index is -0.458. The maximum absolute atomic E-state index is 11.7. The molecule has 0 unspecified atom stereocenters. The van der Waals surface area contributed by atoms with Gasteiger partial charge in [0.25, 0.3) is 0 Å². The van der Waals surface area contributed by atoms with Gasteiger partial charge in [-0.3, -0.25) is 4.90 Å². The maximum atomic E-state index is 11.7. The topological polar surface area (TPSA) is 69.5 Å². The minimum Gasteiger partial charge on any atom is -0.457 e. The van der Waals surface area contributed by atoms with Crippen LogP contribution in [0.25, 0.3) is 0 Å². The van der Waals surface area contributed by atoms with Gasteiger partial charge in [-0.05, 0) is 6.92 Å². The Morgan fingerprint density at radius 1 is 1.45 bits per heavy atom. The van der Waals surface area contributed by atoms with Crippen LogP contribution >= 0.6 is 0 Å². The van der Waals surface area contributed by atoms with Crippen LogP contribution in [0.5, 0.6) is 0 Å². The second-order valence-corrected chi connectivity index (χ2v) is 4.59. The molecule has 1 fully saturated rings. The molecule has 0 aromatic carbocycles. The van der Waals surface area contributed by atoms with Gasteiger partial charge in [0.1, 0.15) is 6.61 Å². The van der Waals surface area contributed by atoms with E-state index >= 15 is 0 Å². The molecule has 0 bridgehead atoms. The predicted octanol–water partition coefficient (Wildman–Crippen LogP) is 0.262. The summed E-state index contributed by atoms with van der Waals surface area (Å²) in [4.78, 5) is 14.0. The van der Waals surface area contributed by atoms with Gasteiger partial charge < -0.3 is 9.47 Å². The molecule has 2 heterocycles. The van der Waals surface area contributed by atoms with E-state index in [9.17, 15) is 4.79 Å². The van der Waals surface area contributed by atoms with Gasteiger partial charge in [0.05, 0.1) is 25.5 Å². The zero-order valence-corrected chi connectivity index (χ0v) is 11.7. The summed E-state index contributed by atoms with van der Waals surface area (Å²) < 4.78 is 12.0. The van der Waals surface area contributed by atoms with Crippen LogP contribution in [0.4, 0.5) is 0 Å².